The number of rotatable bonds is 8. The Morgan fingerprint density at radius 2 is 2.09 bits per heavy atom. The molecule has 2 aliphatic heterocycles. The summed E-state index contributed by atoms with van der Waals surface area (Å²) in [6, 6.07) is 9.53. The van der Waals surface area contributed by atoms with Crippen molar-refractivity contribution in [3.05, 3.63) is 59.7 Å². The highest BCUT2D eigenvalue weighted by atomic mass is 19.1. The number of para-hydroxylation sites is 1. The van der Waals surface area contributed by atoms with Crippen molar-refractivity contribution in [3.63, 3.8) is 0 Å². The van der Waals surface area contributed by atoms with Crippen LogP contribution in [0.5, 0.6) is 0 Å². The van der Waals surface area contributed by atoms with Crippen molar-refractivity contribution in [1.29, 1.82) is 0 Å². The largest absolute Gasteiger partial charge is 0.381 e. The summed E-state index contributed by atoms with van der Waals surface area (Å²) in [5.41, 5.74) is 2.90. The normalized spacial score (nSPS) is 23.4. The third-order valence-corrected chi connectivity index (χ3v) is 6.91. The minimum Gasteiger partial charge on any atom is -0.381 e. The molecule has 2 aromatic heterocycles. The lowest BCUT2D eigenvalue weighted by Crippen LogP contribution is -2.45. The average molecular weight is 482 g/mol. The number of nitrogens with one attached hydrogen (secondary N) is 2. The first-order valence-corrected chi connectivity index (χ1v) is 12.3. The second kappa shape index (κ2) is 11.2. The Balaban J connectivity index is 1.25. The molecule has 35 heavy (non-hydrogen) atoms. The third-order valence-electron chi connectivity index (χ3n) is 6.91. The fourth-order valence-electron chi connectivity index (χ4n) is 5.09. The number of hydrogen-bond donors (Lipinski definition) is 2. The van der Waals surface area contributed by atoms with Crippen LogP contribution in [0.3, 0.4) is 0 Å². The first-order chi connectivity index (χ1) is 17.2. The molecular weight excluding hydrogens is 449 g/mol. The predicted molar refractivity (Wildman–Crippen MR) is 129 cm³/mol. The number of H-pyrrole nitrogens is 1. The fraction of sp³-hybridized carbons (Fsp3) is 0.500. The number of likely N-dealkylation sites (tertiary alicyclic amines) is 1. The molecule has 2 saturated heterocycles. The molecule has 1 amide bonds. The van der Waals surface area contributed by atoms with Crippen LogP contribution in [0.25, 0.3) is 11.0 Å². The topological polar surface area (TPSA) is 92.4 Å². The van der Waals surface area contributed by atoms with Gasteiger partial charge < -0.3 is 19.8 Å². The van der Waals surface area contributed by atoms with Crippen LogP contribution in [0.2, 0.25) is 0 Å². The number of carbonyl (C=O) groups excluding carboxylic acids is 1. The van der Waals surface area contributed by atoms with E-state index in [4.69, 9.17) is 9.47 Å². The summed E-state index contributed by atoms with van der Waals surface area (Å²) in [7, 11) is 0. The molecule has 1 aromatic carbocycles. The minimum absolute atomic E-state index is 0.102. The molecule has 2 aliphatic rings. The maximum Gasteiger partial charge on any atom is 0.227 e. The van der Waals surface area contributed by atoms with E-state index >= 15 is 0 Å². The molecule has 2 unspecified atom stereocenters. The molecule has 2 fully saturated rings. The van der Waals surface area contributed by atoms with E-state index in [1.807, 2.05) is 18.2 Å². The molecule has 3 atom stereocenters. The van der Waals surface area contributed by atoms with Crippen LogP contribution >= 0.6 is 0 Å². The Labute approximate surface area is 204 Å². The second-order valence-corrected chi connectivity index (χ2v) is 9.34. The van der Waals surface area contributed by atoms with Crippen molar-refractivity contribution < 1.29 is 18.7 Å². The SMILES string of the molecule is O=C(Cc1nc2c(CF)cccc2[nH]1)NC1CN(C2CCCOCC2)C[C@@H]1OCc1ccncc1. The van der Waals surface area contributed by atoms with E-state index in [9.17, 15) is 9.18 Å². The van der Waals surface area contributed by atoms with Gasteiger partial charge in [-0.15, -0.1) is 0 Å². The van der Waals surface area contributed by atoms with Crippen molar-refractivity contribution >= 4 is 16.9 Å². The molecule has 9 heteroatoms. The lowest BCUT2D eigenvalue weighted by atomic mass is 10.1. The van der Waals surface area contributed by atoms with Gasteiger partial charge >= 0.3 is 0 Å². The van der Waals surface area contributed by atoms with Crippen LogP contribution in [-0.4, -0.2) is 70.2 Å². The van der Waals surface area contributed by atoms with Crippen molar-refractivity contribution in [2.24, 2.45) is 0 Å². The number of aromatic nitrogens is 3. The van der Waals surface area contributed by atoms with Crippen LogP contribution in [-0.2, 0) is 34.0 Å². The smallest absolute Gasteiger partial charge is 0.227 e. The number of amides is 1. The predicted octanol–water partition coefficient (Wildman–Crippen LogP) is 2.92. The van der Waals surface area contributed by atoms with Gasteiger partial charge in [0.25, 0.3) is 0 Å². The Kier molecular flexibility index (Phi) is 7.66. The number of ether oxygens (including phenoxy) is 2. The van der Waals surface area contributed by atoms with Gasteiger partial charge in [0.15, 0.2) is 0 Å². The number of pyridine rings is 1. The van der Waals surface area contributed by atoms with E-state index in [2.05, 4.69) is 25.2 Å². The third kappa shape index (κ3) is 5.86. The second-order valence-electron chi connectivity index (χ2n) is 9.34. The summed E-state index contributed by atoms with van der Waals surface area (Å²) in [4.78, 5) is 27.1. The summed E-state index contributed by atoms with van der Waals surface area (Å²) in [6.45, 7) is 2.97. The molecule has 0 radical (unpaired) electrons. The van der Waals surface area contributed by atoms with Crippen LogP contribution in [0, 0.1) is 0 Å². The molecule has 0 saturated carbocycles. The molecule has 186 valence electrons. The zero-order valence-corrected chi connectivity index (χ0v) is 19.8. The van der Waals surface area contributed by atoms with E-state index < -0.39 is 6.67 Å². The molecule has 0 bridgehead atoms. The number of nitrogens with zero attached hydrogens (tertiary/aromatic N) is 3. The number of aromatic amines is 1. The Bertz CT molecular complexity index is 1120. The highest BCUT2D eigenvalue weighted by Crippen LogP contribution is 2.24. The lowest BCUT2D eigenvalue weighted by Gasteiger charge is -2.26. The number of fused-ring (bicyclic) bond motifs is 1. The number of alkyl halides is 1. The first kappa shape index (κ1) is 23.8. The Hall–Kier alpha value is -2.88. The quantitative estimate of drug-likeness (QED) is 0.514. The molecule has 5 rings (SSSR count). The zero-order chi connectivity index (χ0) is 24.0. The van der Waals surface area contributed by atoms with E-state index in [0.29, 0.717) is 29.6 Å². The van der Waals surface area contributed by atoms with Gasteiger partial charge in [-0.25, -0.2) is 9.37 Å². The summed E-state index contributed by atoms with van der Waals surface area (Å²) < 4.78 is 25.2. The van der Waals surface area contributed by atoms with E-state index in [1.165, 1.54) is 0 Å². The summed E-state index contributed by atoms with van der Waals surface area (Å²) >= 11 is 0. The first-order valence-electron chi connectivity index (χ1n) is 12.3. The van der Waals surface area contributed by atoms with Gasteiger partial charge in [-0.3, -0.25) is 14.7 Å². The number of benzene rings is 1. The minimum atomic E-state index is -0.589. The van der Waals surface area contributed by atoms with Gasteiger partial charge in [0.2, 0.25) is 5.91 Å². The van der Waals surface area contributed by atoms with Gasteiger partial charge in [0.1, 0.15) is 12.5 Å². The van der Waals surface area contributed by atoms with Crippen LogP contribution in [0.1, 0.15) is 36.2 Å². The standard InChI is InChI=1S/C26H32FN5O3/c27-14-19-3-1-5-21-26(19)31-24(29-21)13-25(33)30-22-15-32(20-4-2-11-34-12-8-20)16-23(22)35-17-18-6-9-28-10-7-18/h1,3,5-7,9-10,20,22-23H,2,4,8,11-17H2,(H,29,31)(H,30,33)/t20?,22?,23-/m0/s1. The molecule has 3 aromatic rings. The maximum atomic E-state index is 13.3. The fourth-order valence-corrected chi connectivity index (χ4v) is 5.09. The van der Waals surface area contributed by atoms with E-state index in [0.717, 1.165) is 56.6 Å². The maximum absolute atomic E-state index is 13.3. The van der Waals surface area contributed by atoms with Crippen molar-refractivity contribution in [2.45, 2.75) is 57.2 Å². The van der Waals surface area contributed by atoms with Gasteiger partial charge in [-0.1, -0.05) is 12.1 Å². The number of carbonyl (C=O) groups is 1. The number of hydrogen-bond acceptors (Lipinski definition) is 6. The molecular formula is C26H32FN5O3. The highest BCUT2D eigenvalue weighted by molar-refractivity contribution is 5.82. The molecule has 2 N–H and O–H groups in total. The van der Waals surface area contributed by atoms with Crippen molar-refractivity contribution in [1.82, 2.24) is 25.2 Å². The highest BCUT2D eigenvalue weighted by Gasteiger charge is 2.38. The molecule has 0 aliphatic carbocycles. The van der Waals surface area contributed by atoms with Crippen LogP contribution in [0.4, 0.5) is 4.39 Å². The molecule has 8 nitrogen and oxygen atoms in total. The van der Waals surface area contributed by atoms with Gasteiger partial charge in [0, 0.05) is 50.3 Å². The lowest BCUT2D eigenvalue weighted by molar-refractivity contribution is -0.122. The Morgan fingerprint density at radius 3 is 2.94 bits per heavy atom. The van der Waals surface area contributed by atoms with Crippen LogP contribution in [0.15, 0.2) is 42.7 Å². The van der Waals surface area contributed by atoms with E-state index in [-0.39, 0.29) is 24.5 Å². The summed E-state index contributed by atoms with van der Waals surface area (Å²) in [5.74, 6) is 0.405. The van der Waals surface area contributed by atoms with Crippen LogP contribution < -0.4 is 5.32 Å². The number of halogens is 1. The van der Waals surface area contributed by atoms with Gasteiger partial charge in [-0.2, -0.15) is 0 Å². The van der Waals surface area contributed by atoms with Gasteiger partial charge in [-0.05, 0) is 43.0 Å². The summed E-state index contributed by atoms with van der Waals surface area (Å²) in [6.07, 6.45) is 6.63. The van der Waals surface area contributed by atoms with E-state index in [1.54, 1.807) is 24.5 Å². The molecule has 4 heterocycles. The van der Waals surface area contributed by atoms with Crippen molar-refractivity contribution in [2.75, 3.05) is 26.3 Å². The molecule has 0 spiro atoms. The monoisotopic (exact) mass is 481 g/mol. The number of imidazole rings is 1. The Morgan fingerprint density at radius 1 is 1.20 bits per heavy atom. The van der Waals surface area contributed by atoms with Gasteiger partial charge in [0.05, 0.1) is 36.2 Å². The average Bonchev–Trinajstić information content (AvgIpc) is 3.36. The zero-order valence-electron chi connectivity index (χ0n) is 19.8. The van der Waals surface area contributed by atoms with Crippen molar-refractivity contribution in [3.8, 4) is 0 Å². The summed E-state index contributed by atoms with van der Waals surface area (Å²) in [5, 5.41) is 3.19.